The molecule has 106 valence electrons. The smallest absolute Gasteiger partial charge is 0.220 e. The summed E-state index contributed by atoms with van der Waals surface area (Å²) in [7, 11) is 0. The van der Waals surface area contributed by atoms with E-state index in [4.69, 9.17) is 33.9 Å². The zero-order chi connectivity index (χ0) is 14.0. The summed E-state index contributed by atoms with van der Waals surface area (Å²) >= 11 is 13.3. The molecule has 2 nitrogen and oxygen atoms in total. The van der Waals surface area contributed by atoms with Gasteiger partial charge in [0.25, 0.3) is 0 Å². The molecule has 0 aromatic rings. The standard InChI is InChI=1S/C12H22O2S4/c1-9(2)7-17-11(15)13-5-6-14-12(16)18-8-10(3)4/h9-10H,5-8H2,1-4H3. The van der Waals surface area contributed by atoms with Gasteiger partial charge in [0, 0.05) is 11.5 Å². The lowest BCUT2D eigenvalue weighted by Gasteiger charge is -2.10. The number of hydrogen-bond acceptors (Lipinski definition) is 6. The van der Waals surface area contributed by atoms with Crippen molar-refractivity contribution in [1.82, 2.24) is 0 Å². The van der Waals surface area contributed by atoms with Gasteiger partial charge in [0.05, 0.1) is 0 Å². The van der Waals surface area contributed by atoms with Gasteiger partial charge in [-0.3, -0.25) is 0 Å². The summed E-state index contributed by atoms with van der Waals surface area (Å²) in [5.74, 6) is 3.21. The van der Waals surface area contributed by atoms with Crippen LogP contribution in [0.15, 0.2) is 0 Å². The molecule has 18 heavy (non-hydrogen) atoms. The summed E-state index contributed by atoms with van der Waals surface area (Å²) in [6, 6.07) is 0. The van der Waals surface area contributed by atoms with Crippen molar-refractivity contribution in [2.45, 2.75) is 27.7 Å². The van der Waals surface area contributed by atoms with Gasteiger partial charge in [-0.25, -0.2) is 0 Å². The second kappa shape index (κ2) is 11.3. The van der Waals surface area contributed by atoms with Crippen molar-refractivity contribution in [1.29, 1.82) is 0 Å². The summed E-state index contributed by atoms with van der Waals surface area (Å²) in [6.07, 6.45) is 0. The van der Waals surface area contributed by atoms with Crippen molar-refractivity contribution in [3.05, 3.63) is 0 Å². The zero-order valence-corrected chi connectivity index (χ0v) is 14.7. The van der Waals surface area contributed by atoms with Gasteiger partial charge in [0.15, 0.2) is 0 Å². The molecule has 0 spiro atoms. The van der Waals surface area contributed by atoms with Gasteiger partial charge >= 0.3 is 0 Å². The van der Waals surface area contributed by atoms with E-state index in [2.05, 4.69) is 27.7 Å². The fourth-order valence-corrected chi connectivity index (χ4v) is 2.65. The van der Waals surface area contributed by atoms with Gasteiger partial charge in [-0.15, -0.1) is 0 Å². The van der Waals surface area contributed by atoms with Crippen molar-refractivity contribution in [3.63, 3.8) is 0 Å². The lowest BCUT2D eigenvalue weighted by molar-refractivity contribution is 0.216. The second-order valence-corrected chi connectivity index (χ2v) is 7.85. The first kappa shape index (κ1) is 18.5. The fourth-order valence-electron chi connectivity index (χ4n) is 0.803. The third-order valence-electron chi connectivity index (χ3n) is 1.59. The van der Waals surface area contributed by atoms with Crippen LogP contribution < -0.4 is 0 Å². The highest BCUT2D eigenvalue weighted by Crippen LogP contribution is 2.12. The summed E-state index contributed by atoms with van der Waals surface area (Å²) in [4.78, 5) is 0. The van der Waals surface area contributed by atoms with Crippen LogP contribution in [-0.2, 0) is 9.47 Å². The summed E-state index contributed by atoms with van der Waals surface area (Å²) < 4.78 is 11.9. The normalized spacial score (nSPS) is 10.8. The van der Waals surface area contributed by atoms with E-state index in [0.717, 1.165) is 11.5 Å². The Hall–Kier alpha value is 0.480. The number of rotatable bonds is 7. The molecule has 6 heteroatoms. The minimum absolute atomic E-state index is 0.465. The van der Waals surface area contributed by atoms with E-state index in [1.165, 1.54) is 0 Å². The molecule has 0 N–H and O–H groups in total. The van der Waals surface area contributed by atoms with Crippen molar-refractivity contribution in [2.24, 2.45) is 11.8 Å². The molecule has 0 rings (SSSR count). The molecule has 0 bridgehead atoms. The molecule has 0 fully saturated rings. The topological polar surface area (TPSA) is 18.5 Å². The van der Waals surface area contributed by atoms with E-state index < -0.39 is 0 Å². The summed E-state index contributed by atoms with van der Waals surface area (Å²) in [5, 5.41) is 0. The largest absolute Gasteiger partial charge is 0.475 e. The van der Waals surface area contributed by atoms with Crippen LogP contribution in [-0.4, -0.2) is 33.5 Å². The van der Waals surface area contributed by atoms with Crippen LogP contribution in [0.3, 0.4) is 0 Å². The van der Waals surface area contributed by atoms with Crippen molar-refractivity contribution in [3.8, 4) is 0 Å². The molecule has 0 aliphatic carbocycles. The minimum Gasteiger partial charge on any atom is -0.475 e. The molecule has 0 heterocycles. The Kier molecular flexibility index (Phi) is 11.6. The Labute approximate surface area is 130 Å². The van der Waals surface area contributed by atoms with E-state index in [-0.39, 0.29) is 0 Å². The average molecular weight is 327 g/mol. The van der Waals surface area contributed by atoms with Crippen LogP contribution in [0.4, 0.5) is 0 Å². The zero-order valence-electron chi connectivity index (χ0n) is 11.4. The molecule has 0 unspecified atom stereocenters. The lowest BCUT2D eigenvalue weighted by Crippen LogP contribution is -2.10. The Morgan fingerprint density at radius 2 is 1.17 bits per heavy atom. The van der Waals surface area contributed by atoms with E-state index in [9.17, 15) is 0 Å². The van der Waals surface area contributed by atoms with Crippen LogP contribution in [0.2, 0.25) is 0 Å². The fraction of sp³-hybridized carbons (Fsp3) is 0.833. The Bertz CT molecular complexity index is 228. The highest BCUT2D eigenvalue weighted by molar-refractivity contribution is 8.22. The Balaban J connectivity index is 3.44. The molecule has 0 aromatic carbocycles. The van der Waals surface area contributed by atoms with Crippen molar-refractivity contribution >= 4 is 56.7 Å². The van der Waals surface area contributed by atoms with Crippen molar-refractivity contribution < 1.29 is 9.47 Å². The van der Waals surface area contributed by atoms with Gasteiger partial charge < -0.3 is 9.47 Å². The maximum atomic E-state index is 5.37. The first-order chi connectivity index (χ1) is 8.41. The predicted octanol–water partition coefficient (Wildman–Crippen LogP) is 4.37. The van der Waals surface area contributed by atoms with E-state index in [1.807, 2.05) is 0 Å². The van der Waals surface area contributed by atoms with Crippen LogP contribution in [0.1, 0.15) is 27.7 Å². The van der Waals surface area contributed by atoms with Crippen LogP contribution >= 0.6 is 48.0 Å². The number of hydrogen-bond donors (Lipinski definition) is 0. The monoisotopic (exact) mass is 326 g/mol. The predicted molar refractivity (Wildman–Crippen MR) is 91.7 cm³/mol. The van der Waals surface area contributed by atoms with Crippen LogP contribution in [0, 0.1) is 11.8 Å². The summed E-state index contributed by atoms with van der Waals surface area (Å²) in [5.41, 5.74) is 0. The molecule has 0 atom stereocenters. The maximum absolute atomic E-state index is 5.37. The van der Waals surface area contributed by atoms with E-state index in [0.29, 0.717) is 33.8 Å². The highest BCUT2D eigenvalue weighted by atomic mass is 32.2. The van der Waals surface area contributed by atoms with Gasteiger partial charge in [-0.1, -0.05) is 51.2 Å². The highest BCUT2D eigenvalue weighted by Gasteiger charge is 2.03. The second-order valence-electron chi connectivity index (χ2n) is 4.61. The third-order valence-corrected chi connectivity index (χ3v) is 4.91. The first-order valence-electron chi connectivity index (χ1n) is 6.01. The molecule has 0 saturated carbocycles. The molecular formula is C12H22O2S4. The van der Waals surface area contributed by atoms with Crippen molar-refractivity contribution in [2.75, 3.05) is 24.7 Å². The van der Waals surface area contributed by atoms with Gasteiger partial charge in [0.2, 0.25) is 8.77 Å². The number of ether oxygens (including phenoxy) is 2. The first-order valence-corrected chi connectivity index (χ1v) is 8.79. The maximum Gasteiger partial charge on any atom is 0.220 e. The molecular weight excluding hydrogens is 304 g/mol. The minimum atomic E-state index is 0.465. The molecule has 0 aliphatic rings. The SMILES string of the molecule is CC(C)CSC(=S)OCCOC(=S)SCC(C)C. The van der Waals surface area contributed by atoms with Gasteiger partial charge in [-0.05, 0) is 36.3 Å². The van der Waals surface area contributed by atoms with Crippen LogP contribution in [0.25, 0.3) is 0 Å². The number of thioether (sulfide) groups is 2. The molecule has 0 aliphatic heterocycles. The Morgan fingerprint density at radius 1 is 0.833 bits per heavy atom. The van der Waals surface area contributed by atoms with Gasteiger partial charge in [0.1, 0.15) is 13.2 Å². The Morgan fingerprint density at radius 3 is 1.44 bits per heavy atom. The number of thiocarbonyl (C=S) groups is 2. The molecule has 0 aromatic heterocycles. The van der Waals surface area contributed by atoms with Crippen LogP contribution in [0.5, 0.6) is 0 Å². The lowest BCUT2D eigenvalue weighted by atomic mass is 10.3. The summed E-state index contributed by atoms with van der Waals surface area (Å²) in [6.45, 7) is 9.55. The molecule has 0 amide bonds. The molecule has 0 saturated heterocycles. The average Bonchev–Trinajstić information content (AvgIpc) is 2.29. The van der Waals surface area contributed by atoms with Gasteiger partial charge in [-0.2, -0.15) is 0 Å². The quantitative estimate of drug-likeness (QED) is 0.507. The molecule has 0 radical (unpaired) electrons. The van der Waals surface area contributed by atoms with E-state index >= 15 is 0 Å². The van der Waals surface area contributed by atoms with E-state index in [1.54, 1.807) is 23.5 Å². The third kappa shape index (κ3) is 12.9.